The van der Waals surface area contributed by atoms with Gasteiger partial charge in [0.15, 0.2) is 0 Å². The molecule has 0 bridgehead atoms. The molecule has 1 aromatic carbocycles. The van der Waals surface area contributed by atoms with Crippen LogP contribution in [0.3, 0.4) is 0 Å². The number of ether oxygens (including phenoxy) is 2. The van der Waals surface area contributed by atoms with Crippen molar-refractivity contribution in [3.63, 3.8) is 0 Å². The summed E-state index contributed by atoms with van der Waals surface area (Å²) in [5, 5.41) is 3.93. The Morgan fingerprint density at radius 2 is 2.16 bits per heavy atom. The van der Waals surface area contributed by atoms with Crippen LogP contribution >= 0.6 is 11.6 Å². The molecule has 0 aromatic heterocycles. The van der Waals surface area contributed by atoms with Gasteiger partial charge in [0, 0.05) is 50.8 Å². The summed E-state index contributed by atoms with van der Waals surface area (Å²) < 4.78 is 11.4. The lowest BCUT2D eigenvalue weighted by molar-refractivity contribution is -0.147. The monoisotopic (exact) mass is 367 g/mol. The molecule has 1 amide bonds. The maximum Gasteiger partial charge on any atom is 0.253 e. The van der Waals surface area contributed by atoms with Crippen LogP contribution in [0.5, 0.6) is 5.75 Å². The van der Waals surface area contributed by atoms with Crippen LogP contribution < -0.4 is 10.1 Å². The van der Waals surface area contributed by atoms with Crippen LogP contribution in [0.1, 0.15) is 5.56 Å². The van der Waals surface area contributed by atoms with Crippen LogP contribution in [0, 0.1) is 6.92 Å². The topological polar surface area (TPSA) is 54.0 Å². The van der Waals surface area contributed by atoms with Crippen LogP contribution in [0.25, 0.3) is 0 Å². The molecule has 2 fully saturated rings. The molecule has 1 atom stereocenters. The summed E-state index contributed by atoms with van der Waals surface area (Å²) in [7, 11) is 0. The van der Waals surface area contributed by atoms with Crippen LogP contribution in [-0.2, 0) is 9.53 Å². The summed E-state index contributed by atoms with van der Waals surface area (Å²) in [6.45, 7) is 8.77. The van der Waals surface area contributed by atoms with Gasteiger partial charge in [-0.2, -0.15) is 0 Å². The molecule has 7 heteroatoms. The molecule has 0 unspecified atom stereocenters. The summed E-state index contributed by atoms with van der Waals surface area (Å²) >= 11 is 5.96. The molecule has 6 nitrogen and oxygen atoms in total. The van der Waals surface area contributed by atoms with E-state index in [0.717, 1.165) is 55.6 Å². The van der Waals surface area contributed by atoms with E-state index in [1.165, 1.54) is 0 Å². The van der Waals surface area contributed by atoms with Crippen molar-refractivity contribution in [2.45, 2.75) is 13.0 Å². The molecule has 2 saturated heterocycles. The summed E-state index contributed by atoms with van der Waals surface area (Å²) in [5.41, 5.74) is 1.05. The van der Waals surface area contributed by atoms with Gasteiger partial charge in [-0.05, 0) is 30.7 Å². The zero-order valence-corrected chi connectivity index (χ0v) is 15.4. The Balaban J connectivity index is 1.38. The third-order valence-corrected chi connectivity index (χ3v) is 4.92. The van der Waals surface area contributed by atoms with E-state index in [9.17, 15) is 4.79 Å². The second-order valence-corrected chi connectivity index (χ2v) is 6.93. The predicted molar refractivity (Wildman–Crippen MR) is 97.3 cm³/mol. The van der Waals surface area contributed by atoms with Gasteiger partial charge in [0.25, 0.3) is 5.91 Å². The van der Waals surface area contributed by atoms with Crippen molar-refractivity contribution in [3.05, 3.63) is 28.8 Å². The molecule has 2 aliphatic rings. The van der Waals surface area contributed by atoms with Gasteiger partial charge in [0.2, 0.25) is 0 Å². The molecule has 0 aliphatic carbocycles. The summed E-state index contributed by atoms with van der Waals surface area (Å²) in [4.78, 5) is 16.7. The maximum atomic E-state index is 12.4. The first-order valence-electron chi connectivity index (χ1n) is 8.86. The number of morpholine rings is 1. The fraction of sp³-hybridized carbons (Fsp3) is 0.611. The van der Waals surface area contributed by atoms with E-state index in [4.69, 9.17) is 21.1 Å². The number of aryl methyl sites for hydroxylation is 1. The number of piperazine rings is 1. The molecule has 2 heterocycles. The molecule has 2 aliphatic heterocycles. The van der Waals surface area contributed by atoms with E-state index in [0.29, 0.717) is 19.8 Å². The molecule has 3 rings (SSSR count). The fourth-order valence-corrected chi connectivity index (χ4v) is 3.41. The zero-order valence-electron chi connectivity index (χ0n) is 14.7. The molecule has 25 heavy (non-hydrogen) atoms. The lowest BCUT2D eigenvalue weighted by Gasteiger charge is -2.37. The van der Waals surface area contributed by atoms with E-state index in [2.05, 4.69) is 10.2 Å². The second-order valence-electron chi connectivity index (χ2n) is 6.49. The van der Waals surface area contributed by atoms with Crippen LogP contribution in [0.15, 0.2) is 18.2 Å². The minimum absolute atomic E-state index is 0.111. The highest BCUT2D eigenvalue weighted by atomic mass is 35.5. The second kappa shape index (κ2) is 8.85. The molecule has 1 aromatic rings. The lowest BCUT2D eigenvalue weighted by atomic mass is 10.2. The quantitative estimate of drug-likeness (QED) is 0.846. The third-order valence-electron chi connectivity index (χ3n) is 4.69. The van der Waals surface area contributed by atoms with Crippen molar-refractivity contribution in [1.82, 2.24) is 15.1 Å². The fourth-order valence-electron chi connectivity index (χ4n) is 3.18. The van der Waals surface area contributed by atoms with Crippen molar-refractivity contribution in [1.29, 1.82) is 0 Å². The SMILES string of the molecule is Cc1cc(Cl)ccc1OCCN1CCN(C(=O)[C@H]2CNCCO2)CC1. The number of rotatable bonds is 5. The predicted octanol–water partition coefficient (Wildman–Crippen LogP) is 1.16. The number of hydrogen-bond acceptors (Lipinski definition) is 5. The molecular weight excluding hydrogens is 342 g/mol. The van der Waals surface area contributed by atoms with E-state index >= 15 is 0 Å². The van der Waals surface area contributed by atoms with E-state index in [-0.39, 0.29) is 12.0 Å². The Kier molecular flexibility index (Phi) is 6.53. The van der Waals surface area contributed by atoms with Gasteiger partial charge in [-0.15, -0.1) is 0 Å². The highest BCUT2D eigenvalue weighted by Crippen LogP contribution is 2.21. The van der Waals surface area contributed by atoms with Crippen molar-refractivity contribution >= 4 is 17.5 Å². The molecular formula is C18H26ClN3O3. The van der Waals surface area contributed by atoms with E-state index in [1.54, 1.807) is 0 Å². The molecule has 1 N–H and O–H groups in total. The first kappa shape index (κ1) is 18.5. The summed E-state index contributed by atoms with van der Waals surface area (Å²) in [6.07, 6.45) is -0.323. The Morgan fingerprint density at radius 3 is 2.84 bits per heavy atom. The third kappa shape index (κ3) is 5.07. The van der Waals surface area contributed by atoms with Crippen molar-refractivity contribution < 1.29 is 14.3 Å². The minimum Gasteiger partial charge on any atom is -0.492 e. The molecule has 0 saturated carbocycles. The van der Waals surface area contributed by atoms with E-state index < -0.39 is 0 Å². The van der Waals surface area contributed by atoms with Gasteiger partial charge in [0.1, 0.15) is 18.5 Å². The van der Waals surface area contributed by atoms with Gasteiger partial charge in [-0.25, -0.2) is 0 Å². The van der Waals surface area contributed by atoms with Gasteiger partial charge in [0.05, 0.1) is 6.61 Å². The standard InChI is InChI=1S/C18H26ClN3O3/c1-14-12-15(19)2-3-16(14)25-11-9-21-5-7-22(8-6-21)18(23)17-13-20-4-10-24-17/h2-3,12,17,20H,4-11,13H2,1H3/t17-/m1/s1. The Morgan fingerprint density at radius 1 is 1.36 bits per heavy atom. The zero-order chi connectivity index (χ0) is 17.6. The number of benzene rings is 1. The summed E-state index contributed by atoms with van der Waals surface area (Å²) in [5.74, 6) is 0.986. The maximum absolute atomic E-state index is 12.4. The smallest absolute Gasteiger partial charge is 0.253 e. The Hall–Kier alpha value is -1.34. The van der Waals surface area contributed by atoms with Gasteiger partial charge in [-0.1, -0.05) is 11.6 Å². The number of amides is 1. The van der Waals surface area contributed by atoms with Crippen molar-refractivity contribution in [2.24, 2.45) is 0 Å². The number of nitrogens with zero attached hydrogens (tertiary/aromatic N) is 2. The van der Waals surface area contributed by atoms with E-state index in [1.807, 2.05) is 30.0 Å². The Bertz CT molecular complexity index is 585. The largest absolute Gasteiger partial charge is 0.492 e. The van der Waals surface area contributed by atoms with Crippen LogP contribution in [0.2, 0.25) is 5.02 Å². The minimum atomic E-state index is -0.323. The Labute approximate surface area is 154 Å². The lowest BCUT2D eigenvalue weighted by Crippen LogP contribution is -2.55. The van der Waals surface area contributed by atoms with Crippen LogP contribution in [-0.4, -0.2) is 80.8 Å². The van der Waals surface area contributed by atoms with Crippen molar-refractivity contribution in [3.8, 4) is 5.75 Å². The van der Waals surface area contributed by atoms with Gasteiger partial charge >= 0.3 is 0 Å². The summed E-state index contributed by atoms with van der Waals surface area (Å²) in [6, 6.07) is 5.66. The first-order chi connectivity index (χ1) is 12.1. The van der Waals surface area contributed by atoms with Gasteiger partial charge in [-0.3, -0.25) is 9.69 Å². The average Bonchev–Trinajstić information content (AvgIpc) is 2.64. The highest BCUT2D eigenvalue weighted by Gasteiger charge is 2.29. The number of halogens is 1. The number of nitrogens with one attached hydrogen (secondary N) is 1. The first-order valence-corrected chi connectivity index (χ1v) is 9.24. The normalized spacial score (nSPS) is 22.0. The number of carbonyl (C=O) groups excluding carboxylic acids is 1. The molecule has 0 spiro atoms. The van der Waals surface area contributed by atoms with Crippen LogP contribution in [0.4, 0.5) is 0 Å². The molecule has 138 valence electrons. The number of carbonyl (C=O) groups is 1. The number of hydrogen-bond donors (Lipinski definition) is 1. The van der Waals surface area contributed by atoms with Gasteiger partial charge < -0.3 is 19.7 Å². The average molecular weight is 368 g/mol. The molecule has 0 radical (unpaired) electrons. The highest BCUT2D eigenvalue weighted by molar-refractivity contribution is 6.30. The van der Waals surface area contributed by atoms with Crippen molar-refractivity contribution in [2.75, 3.05) is 59.0 Å².